The molecule has 2 aromatic carbocycles. The maximum absolute atomic E-state index is 12.4. The fourth-order valence-corrected chi connectivity index (χ4v) is 2.31. The van der Waals surface area contributed by atoms with Crippen molar-refractivity contribution in [1.29, 1.82) is 0 Å². The van der Waals surface area contributed by atoms with Gasteiger partial charge in [-0.25, -0.2) is 4.79 Å². The molecule has 6 nitrogen and oxygen atoms in total. The number of carbonyl (C=O) groups excluding carboxylic acids is 3. The fraction of sp³-hybridized carbons (Fsp3) is 0.227. The van der Waals surface area contributed by atoms with Gasteiger partial charge in [-0.05, 0) is 38.2 Å². The Hall–Kier alpha value is -3.25. The van der Waals surface area contributed by atoms with Crippen LogP contribution in [0.25, 0.3) is 0 Å². The van der Waals surface area contributed by atoms with Crippen molar-refractivity contribution in [3.63, 3.8) is 0 Å². The number of ketones is 1. The van der Waals surface area contributed by atoms with Crippen molar-refractivity contribution in [3.05, 3.63) is 77.9 Å². The van der Waals surface area contributed by atoms with E-state index in [9.17, 15) is 14.4 Å². The number of ether oxygens (including phenoxy) is 2. The van der Waals surface area contributed by atoms with Crippen LogP contribution in [0.5, 0.6) is 5.75 Å². The second-order valence-electron chi connectivity index (χ2n) is 6.35. The lowest BCUT2D eigenvalue weighted by Crippen LogP contribution is -2.32. The average molecular weight is 381 g/mol. The Morgan fingerprint density at radius 1 is 0.964 bits per heavy atom. The Morgan fingerprint density at radius 2 is 1.57 bits per heavy atom. The van der Waals surface area contributed by atoms with Crippen molar-refractivity contribution in [2.45, 2.75) is 6.92 Å². The van der Waals surface area contributed by atoms with Gasteiger partial charge in [-0.1, -0.05) is 36.9 Å². The van der Waals surface area contributed by atoms with Gasteiger partial charge >= 0.3 is 11.9 Å². The smallest absolute Gasteiger partial charge is 0.333 e. The largest absolute Gasteiger partial charge is 0.461 e. The van der Waals surface area contributed by atoms with E-state index in [2.05, 4.69) is 6.58 Å². The minimum Gasteiger partial charge on any atom is -0.461 e. The molecule has 146 valence electrons. The van der Waals surface area contributed by atoms with Gasteiger partial charge in [-0.15, -0.1) is 0 Å². The average Bonchev–Trinajstić information content (AvgIpc) is 2.68. The van der Waals surface area contributed by atoms with Crippen LogP contribution in [-0.4, -0.2) is 49.4 Å². The molecule has 0 saturated carbocycles. The molecule has 0 spiro atoms. The number of carbonyl (C=O) groups is 3. The Balaban J connectivity index is 1.81. The van der Waals surface area contributed by atoms with Crippen molar-refractivity contribution in [3.8, 4) is 5.75 Å². The summed E-state index contributed by atoms with van der Waals surface area (Å²) in [6.07, 6.45) is 0. The monoisotopic (exact) mass is 381 g/mol. The molecule has 0 atom stereocenters. The summed E-state index contributed by atoms with van der Waals surface area (Å²) in [6, 6.07) is 15.4. The topological polar surface area (TPSA) is 72.9 Å². The van der Waals surface area contributed by atoms with E-state index in [1.807, 2.05) is 6.07 Å². The highest BCUT2D eigenvalue weighted by Crippen LogP contribution is 2.15. The molecular weight excluding hydrogens is 358 g/mol. The molecule has 0 aromatic heterocycles. The molecule has 2 rings (SSSR count). The lowest BCUT2D eigenvalue weighted by molar-refractivity contribution is -0.139. The Morgan fingerprint density at radius 3 is 2.18 bits per heavy atom. The zero-order chi connectivity index (χ0) is 20.5. The van der Waals surface area contributed by atoms with E-state index < -0.39 is 11.9 Å². The van der Waals surface area contributed by atoms with Crippen LogP contribution in [0.3, 0.4) is 0 Å². The quantitative estimate of drug-likeness (QED) is 0.288. The normalized spacial score (nSPS) is 10.4. The first-order valence-corrected chi connectivity index (χ1v) is 8.78. The second-order valence-corrected chi connectivity index (χ2v) is 6.35. The zero-order valence-electron chi connectivity index (χ0n) is 16.0. The van der Waals surface area contributed by atoms with Gasteiger partial charge in [-0.2, -0.15) is 0 Å². The number of nitrogens with zero attached hydrogens (tertiary/aromatic N) is 1. The summed E-state index contributed by atoms with van der Waals surface area (Å²) in [4.78, 5) is 37.4. The lowest BCUT2D eigenvalue weighted by atomic mass is 10.0. The van der Waals surface area contributed by atoms with Gasteiger partial charge < -0.3 is 9.47 Å². The second kappa shape index (κ2) is 10.2. The van der Waals surface area contributed by atoms with Gasteiger partial charge in [0.25, 0.3) is 0 Å². The van der Waals surface area contributed by atoms with Crippen LogP contribution >= 0.6 is 0 Å². The molecule has 0 bridgehead atoms. The highest BCUT2D eigenvalue weighted by atomic mass is 16.5. The predicted octanol–water partition coefficient (Wildman–Crippen LogP) is 2.87. The van der Waals surface area contributed by atoms with Gasteiger partial charge in [0.2, 0.25) is 0 Å². The van der Waals surface area contributed by atoms with Crippen LogP contribution in [0.2, 0.25) is 0 Å². The lowest BCUT2D eigenvalue weighted by Gasteiger charge is -2.15. The van der Waals surface area contributed by atoms with Gasteiger partial charge in [0, 0.05) is 23.2 Å². The van der Waals surface area contributed by atoms with Crippen LogP contribution in [-0.2, 0) is 14.3 Å². The van der Waals surface area contributed by atoms with Crippen molar-refractivity contribution in [2.75, 3.05) is 26.7 Å². The Kier molecular flexibility index (Phi) is 7.65. The van der Waals surface area contributed by atoms with E-state index in [4.69, 9.17) is 9.47 Å². The molecule has 6 heteroatoms. The molecule has 0 N–H and O–H groups in total. The summed E-state index contributed by atoms with van der Waals surface area (Å²) in [5.41, 5.74) is 1.44. The summed E-state index contributed by atoms with van der Waals surface area (Å²) in [5, 5.41) is 0. The van der Waals surface area contributed by atoms with Crippen LogP contribution in [0.15, 0.2) is 66.7 Å². The van der Waals surface area contributed by atoms with E-state index in [1.165, 1.54) is 0 Å². The van der Waals surface area contributed by atoms with Crippen molar-refractivity contribution in [1.82, 2.24) is 4.90 Å². The molecule has 0 heterocycles. The summed E-state index contributed by atoms with van der Waals surface area (Å²) >= 11 is 0. The minimum atomic E-state index is -0.457. The number of rotatable bonds is 9. The van der Waals surface area contributed by atoms with Crippen molar-refractivity contribution in [2.24, 2.45) is 0 Å². The van der Waals surface area contributed by atoms with E-state index in [0.717, 1.165) is 0 Å². The van der Waals surface area contributed by atoms with E-state index >= 15 is 0 Å². The molecule has 0 radical (unpaired) electrons. The van der Waals surface area contributed by atoms with Crippen molar-refractivity contribution >= 4 is 17.7 Å². The molecule has 0 unspecified atom stereocenters. The van der Waals surface area contributed by atoms with Gasteiger partial charge in [0.05, 0.1) is 6.54 Å². The molecule has 0 saturated heterocycles. The summed E-state index contributed by atoms with van der Waals surface area (Å²) in [6.45, 7) is 5.65. The Bertz CT molecular complexity index is 843. The third-order valence-electron chi connectivity index (χ3n) is 3.84. The van der Waals surface area contributed by atoms with Crippen LogP contribution in [0.1, 0.15) is 22.8 Å². The molecule has 0 aliphatic carbocycles. The minimum absolute atomic E-state index is 0.0370. The fourth-order valence-electron chi connectivity index (χ4n) is 2.31. The number of benzene rings is 2. The van der Waals surface area contributed by atoms with Crippen LogP contribution in [0, 0.1) is 0 Å². The van der Waals surface area contributed by atoms with E-state index in [1.54, 1.807) is 67.4 Å². The van der Waals surface area contributed by atoms with Gasteiger partial charge in [0.1, 0.15) is 12.4 Å². The number of esters is 2. The van der Waals surface area contributed by atoms with Crippen LogP contribution < -0.4 is 4.74 Å². The maximum atomic E-state index is 12.4. The highest BCUT2D eigenvalue weighted by molar-refractivity contribution is 6.09. The molecule has 0 aliphatic rings. The molecule has 2 aromatic rings. The SMILES string of the molecule is C=C(C)C(=O)OCCN(C)CC(=O)Oc1ccc(C(=O)c2ccccc2)cc1. The number of hydrogen-bond acceptors (Lipinski definition) is 6. The van der Waals surface area contributed by atoms with Crippen LogP contribution in [0.4, 0.5) is 0 Å². The first-order chi connectivity index (χ1) is 13.4. The molecule has 0 fully saturated rings. The van der Waals surface area contributed by atoms with Crippen molar-refractivity contribution < 1.29 is 23.9 Å². The third kappa shape index (κ3) is 6.48. The molecule has 28 heavy (non-hydrogen) atoms. The van der Waals surface area contributed by atoms with E-state index in [-0.39, 0.29) is 18.9 Å². The molecule has 0 aliphatic heterocycles. The number of hydrogen-bond donors (Lipinski definition) is 0. The summed E-state index contributed by atoms with van der Waals surface area (Å²) in [7, 11) is 1.72. The van der Waals surface area contributed by atoms with E-state index in [0.29, 0.717) is 29.0 Å². The first kappa shape index (κ1) is 21.1. The summed E-state index contributed by atoms with van der Waals surface area (Å²) < 4.78 is 10.3. The standard InChI is InChI=1S/C22H23NO5/c1-16(2)22(26)27-14-13-23(3)15-20(24)28-19-11-9-18(10-12-19)21(25)17-7-5-4-6-8-17/h4-12H,1,13-15H2,2-3H3. The van der Waals surface area contributed by atoms with Gasteiger partial charge in [-0.3, -0.25) is 14.5 Å². The first-order valence-electron chi connectivity index (χ1n) is 8.78. The molecular formula is C22H23NO5. The Labute approximate surface area is 164 Å². The van der Waals surface area contributed by atoms with Gasteiger partial charge in [0.15, 0.2) is 5.78 Å². The number of likely N-dealkylation sites (N-methyl/N-ethyl adjacent to an activating group) is 1. The molecule has 0 amide bonds. The zero-order valence-corrected chi connectivity index (χ0v) is 16.0. The maximum Gasteiger partial charge on any atom is 0.333 e. The summed E-state index contributed by atoms with van der Waals surface area (Å²) in [5.74, 6) is -0.642. The third-order valence-corrected chi connectivity index (χ3v) is 3.84. The highest BCUT2D eigenvalue weighted by Gasteiger charge is 2.12. The predicted molar refractivity (Wildman–Crippen MR) is 105 cm³/mol.